The number of thiazole rings is 1. The lowest BCUT2D eigenvalue weighted by Crippen LogP contribution is -2.26. The van der Waals surface area contributed by atoms with Crippen molar-refractivity contribution in [3.05, 3.63) is 74.7 Å². The number of hydrogen-bond acceptors (Lipinski definition) is 6. The molecule has 180 valence electrons. The number of fused-ring (bicyclic) bond motifs is 1. The number of benzene rings is 2. The smallest absolute Gasteiger partial charge is 0.230 e. The summed E-state index contributed by atoms with van der Waals surface area (Å²) in [6.07, 6.45) is 0.166. The van der Waals surface area contributed by atoms with Gasteiger partial charge in [0.15, 0.2) is 15.0 Å². The number of halogens is 1. The topological polar surface area (TPSA) is 79.4 Å². The molecule has 1 atom stereocenters. The molecule has 1 unspecified atom stereocenters. The third kappa shape index (κ3) is 5.59. The van der Waals surface area contributed by atoms with Crippen LogP contribution in [0.3, 0.4) is 0 Å². The normalized spacial score (nSPS) is 16.1. The van der Waals surface area contributed by atoms with Crippen LogP contribution in [-0.4, -0.2) is 30.0 Å². The Bertz CT molecular complexity index is 1290. The molecule has 1 aromatic heterocycles. The van der Waals surface area contributed by atoms with Crippen molar-refractivity contribution in [2.45, 2.75) is 51.2 Å². The summed E-state index contributed by atoms with van der Waals surface area (Å²) in [5.74, 6) is 0.279. The number of nitrogens with one attached hydrogen (secondary N) is 1. The summed E-state index contributed by atoms with van der Waals surface area (Å²) in [4.78, 5) is 21.3. The van der Waals surface area contributed by atoms with Crippen LogP contribution in [0.4, 0.5) is 5.13 Å². The molecule has 1 amide bonds. The van der Waals surface area contributed by atoms with Crippen molar-refractivity contribution in [3.63, 3.8) is 0 Å². The number of aromatic nitrogens is 1. The van der Waals surface area contributed by atoms with E-state index in [4.69, 9.17) is 4.98 Å². The lowest BCUT2D eigenvalue weighted by Gasteiger charge is -2.27. The first kappa shape index (κ1) is 25.0. The molecule has 4 rings (SSSR count). The molecule has 2 aromatic carbocycles. The number of nitrogens with zero attached hydrogens (tertiary/aromatic N) is 2. The van der Waals surface area contributed by atoms with E-state index in [2.05, 4.69) is 58.2 Å². The summed E-state index contributed by atoms with van der Waals surface area (Å²) in [7, 11) is -3.24. The van der Waals surface area contributed by atoms with Gasteiger partial charge in [-0.05, 0) is 41.3 Å². The Hall–Kier alpha value is -2.07. The first-order chi connectivity index (χ1) is 16.2. The van der Waals surface area contributed by atoms with E-state index in [9.17, 15) is 13.2 Å². The van der Waals surface area contributed by atoms with Crippen LogP contribution in [0.5, 0.6) is 0 Å². The average Bonchev–Trinajstić information content (AvgIpc) is 3.30. The summed E-state index contributed by atoms with van der Waals surface area (Å²) in [6, 6.07) is 15.1. The maximum absolute atomic E-state index is 12.6. The highest BCUT2D eigenvalue weighted by molar-refractivity contribution is 9.10. The first-order valence-corrected chi connectivity index (χ1v) is 14.5. The third-order valence-corrected chi connectivity index (χ3v) is 9.14. The maximum Gasteiger partial charge on any atom is 0.230 e. The van der Waals surface area contributed by atoms with Gasteiger partial charge >= 0.3 is 0 Å². The number of rotatable bonds is 8. The largest absolute Gasteiger partial charge is 0.302 e. The SMILES string of the molecule is CCS(=O)(=O)c1ccc(CC(=O)Nc2nc3c(s2)CN(Cc2cccc(Br)c2)C3C(C)C)cc1. The van der Waals surface area contributed by atoms with Crippen LogP contribution in [0.25, 0.3) is 0 Å². The molecule has 0 fully saturated rings. The van der Waals surface area contributed by atoms with Crippen LogP contribution < -0.4 is 5.32 Å². The fourth-order valence-corrected chi connectivity index (χ4v) is 6.68. The molecular weight excluding hydrogens is 534 g/mol. The van der Waals surface area contributed by atoms with E-state index in [1.807, 2.05) is 6.07 Å². The minimum atomic E-state index is -3.24. The van der Waals surface area contributed by atoms with Gasteiger partial charge in [-0.3, -0.25) is 9.69 Å². The average molecular weight is 563 g/mol. The number of amides is 1. The van der Waals surface area contributed by atoms with Crippen molar-refractivity contribution in [1.82, 2.24) is 9.88 Å². The molecule has 1 aliphatic rings. The Morgan fingerprint density at radius 2 is 1.94 bits per heavy atom. The van der Waals surface area contributed by atoms with Crippen molar-refractivity contribution in [2.24, 2.45) is 5.92 Å². The van der Waals surface area contributed by atoms with Crippen molar-refractivity contribution < 1.29 is 13.2 Å². The molecule has 0 radical (unpaired) electrons. The Kier molecular flexibility index (Phi) is 7.57. The van der Waals surface area contributed by atoms with Crippen LogP contribution in [-0.2, 0) is 34.1 Å². The van der Waals surface area contributed by atoms with Gasteiger partial charge in [-0.1, -0.05) is 61.0 Å². The summed E-state index contributed by atoms with van der Waals surface area (Å²) < 4.78 is 25.0. The van der Waals surface area contributed by atoms with Gasteiger partial charge in [-0.15, -0.1) is 11.3 Å². The van der Waals surface area contributed by atoms with Crippen molar-refractivity contribution in [1.29, 1.82) is 0 Å². The summed E-state index contributed by atoms with van der Waals surface area (Å²) >= 11 is 5.09. The Labute approximate surface area is 213 Å². The van der Waals surface area contributed by atoms with Gasteiger partial charge in [-0.2, -0.15) is 0 Å². The molecule has 6 nitrogen and oxygen atoms in total. The van der Waals surface area contributed by atoms with Crippen molar-refractivity contribution in [3.8, 4) is 0 Å². The van der Waals surface area contributed by atoms with Gasteiger partial charge in [0.1, 0.15) is 0 Å². The van der Waals surface area contributed by atoms with Crippen LogP contribution >= 0.6 is 27.3 Å². The summed E-state index contributed by atoms with van der Waals surface area (Å²) in [5, 5.41) is 3.55. The number of hydrogen-bond donors (Lipinski definition) is 1. The predicted octanol–water partition coefficient (Wildman–Crippen LogP) is 5.59. The van der Waals surface area contributed by atoms with E-state index in [-0.39, 0.29) is 29.0 Å². The van der Waals surface area contributed by atoms with Crippen LogP contribution in [0.1, 0.15) is 48.5 Å². The van der Waals surface area contributed by atoms with Gasteiger partial charge in [0, 0.05) is 22.4 Å². The van der Waals surface area contributed by atoms with Crippen LogP contribution in [0.15, 0.2) is 57.9 Å². The second-order valence-corrected chi connectivity index (χ2v) is 13.1. The van der Waals surface area contributed by atoms with Gasteiger partial charge in [0.25, 0.3) is 0 Å². The quantitative estimate of drug-likeness (QED) is 0.387. The van der Waals surface area contributed by atoms with E-state index in [1.54, 1.807) is 31.2 Å². The molecule has 3 aromatic rings. The molecule has 0 saturated heterocycles. The lowest BCUT2D eigenvalue weighted by atomic mass is 10.0. The van der Waals surface area contributed by atoms with Crippen LogP contribution in [0.2, 0.25) is 0 Å². The molecule has 1 N–H and O–H groups in total. The van der Waals surface area contributed by atoms with E-state index in [0.717, 1.165) is 28.8 Å². The van der Waals surface area contributed by atoms with Gasteiger partial charge in [-0.25, -0.2) is 13.4 Å². The highest BCUT2D eigenvalue weighted by Gasteiger charge is 2.36. The predicted molar refractivity (Wildman–Crippen MR) is 140 cm³/mol. The molecule has 0 saturated carbocycles. The number of sulfone groups is 1. The molecule has 2 heterocycles. The summed E-state index contributed by atoms with van der Waals surface area (Å²) in [5.41, 5.74) is 3.07. The first-order valence-electron chi connectivity index (χ1n) is 11.3. The number of anilines is 1. The highest BCUT2D eigenvalue weighted by Crippen LogP contribution is 2.43. The van der Waals surface area contributed by atoms with Gasteiger partial charge < -0.3 is 5.32 Å². The fraction of sp³-hybridized carbons (Fsp3) is 0.360. The molecule has 0 aliphatic carbocycles. The van der Waals surface area contributed by atoms with E-state index in [1.165, 1.54) is 21.8 Å². The summed E-state index contributed by atoms with van der Waals surface area (Å²) in [6.45, 7) is 7.68. The second kappa shape index (κ2) is 10.3. The van der Waals surface area contributed by atoms with E-state index < -0.39 is 9.84 Å². The van der Waals surface area contributed by atoms with Crippen LogP contribution in [0, 0.1) is 5.92 Å². The molecule has 1 aliphatic heterocycles. The Balaban J connectivity index is 1.42. The second-order valence-electron chi connectivity index (χ2n) is 8.82. The van der Waals surface area contributed by atoms with Gasteiger partial charge in [0.05, 0.1) is 28.8 Å². The zero-order valence-electron chi connectivity index (χ0n) is 19.4. The minimum absolute atomic E-state index is 0.0548. The number of carbonyl (C=O) groups excluding carboxylic acids is 1. The molecule has 0 spiro atoms. The minimum Gasteiger partial charge on any atom is -0.302 e. The number of carbonyl (C=O) groups is 1. The van der Waals surface area contributed by atoms with Gasteiger partial charge in [0.2, 0.25) is 5.91 Å². The third-order valence-electron chi connectivity index (χ3n) is 5.93. The Morgan fingerprint density at radius 1 is 1.21 bits per heavy atom. The molecular formula is C25H28BrN3O3S2. The van der Waals surface area contributed by atoms with E-state index in [0.29, 0.717) is 11.0 Å². The zero-order chi connectivity index (χ0) is 24.5. The monoisotopic (exact) mass is 561 g/mol. The fourth-order valence-electron chi connectivity index (χ4n) is 4.31. The maximum atomic E-state index is 12.6. The van der Waals surface area contributed by atoms with Crippen molar-refractivity contribution in [2.75, 3.05) is 11.1 Å². The molecule has 9 heteroatoms. The lowest BCUT2D eigenvalue weighted by molar-refractivity contribution is -0.115. The van der Waals surface area contributed by atoms with Crippen molar-refractivity contribution >= 4 is 48.1 Å². The Morgan fingerprint density at radius 3 is 2.59 bits per heavy atom. The standard InChI is InChI=1S/C25H28BrN3O3S2/c1-4-34(31,32)20-10-8-17(9-11-20)13-22(30)27-25-28-23-21(33-25)15-29(24(23)16(2)3)14-18-6-5-7-19(26)12-18/h5-12,16,24H,4,13-15H2,1-3H3,(H,27,28,30). The molecule has 34 heavy (non-hydrogen) atoms. The highest BCUT2D eigenvalue weighted by atomic mass is 79.9. The molecule has 0 bridgehead atoms. The zero-order valence-corrected chi connectivity index (χ0v) is 22.6. The van der Waals surface area contributed by atoms with E-state index >= 15 is 0 Å².